The van der Waals surface area contributed by atoms with Crippen LogP contribution in [0, 0.1) is 0 Å². The molecule has 3 aromatic rings. The molecule has 0 spiro atoms. The van der Waals surface area contributed by atoms with Crippen molar-refractivity contribution in [2.45, 2.75) is 11.8 Å². The molecule has 2 atom stereocenters. The molecular weight excluding hydrogens is 318 g/mol. The van der Waals surface area contributed by atoms with Gasteiger partial charge in [0.25, 0.3) is 5.56 Å². The normalized spacial score (nSPS) is 22.7. The van der Waals surface area contributed by atoms with Crippen molar-refractivity contribution in [3.05, 3.63) is 92.9 Å². The van der Waals surface area contributed by atoms with Gasteiger partial charge in [-0.1, -0.05) is 30.3 Å². The van der Waals surface area contributed by atoms with Crippen molar-refractivity contribution in [2.24, 2.45) is 12.8 Å². The van der Waals surface area contributed by atoms with Crippen LogP contribution in [0.1, 0.15) is 38.7 Å². The van der Waals surface area contributed by atoms with Crippen LogP contribution in [-0.4, -0.2) is 15.3 Å². The highest BCUT2D eigenvalue weighted by Gasteiger charge is 2.57. The van der Waals surface area contributed by atoms with Crippen molar-refractivity contribution in [2.75, 3.05) is 0 Å². The molecule has 25 heavy (non-hydrogen) atoms. The Morgan fingerprint density at radius 1 is 1.12 bits per heavy atom. The van der Waals surface area contributed by atoms with Crippen LogP contribution in [0.15, 0.2) is 59.5 Å². The number of benzene rings is 2. The average molecular weight is 333 g/mol. The Hall–Kier alpha value is -3.12. The molecule has 2 unspecified atom stereocenters. The Bertz CT molecular complexity index is 1110. The Morgan fingerprint density at radius 3 is 2.60 bits per heavy atom. The number of nitrogens with zero attached hydrogens (tertiary/aromatic N) is 2. The van der Waals surface area contributed by atoms with Crippen molar-refractivity contribution in [1.82, 2.24) is 9.36 Å². The molecule has 0 radical (unpaired) electrons. The van der Waals surface area contributed by atoms with Gasteiger partial charge in [-0.15, -0.1) is 0 Å². The SMILES string of the molecule is Cn1ccc(=O)n1C12OC(c3ccccc31)c1ccc(C(N)=O)cc12. The van der Waals surface area contributed by atoms with Gasteiger partial charge in [0, 0.05) is 36.0 Å². The molecule has 1 amide bonds. The lowest BCUT2D eigenvalue weighted by Gasteiger charge is -2.31. The lowest BCUT2D eigenvalue weighted by molar-refractivity contribution is -0.0439. The van der Waals surface area contributed by atoms with E-state index in [0.717, 1.165) is 22.3 Å². The van der Waals surface area contributed by atoms with Crippen LogP contribution >= 0.6 is 0 Å². The average Bonchev–Trinajstić information content (AvgIpc) is 3.24. The second-order valence-corrected chi connectivity index (χ2v) is 6.43. The van der Waals surface area contributed by atoms with E-state index in [1.54, 1.807) is 34.7 Å². The third-order valence-corrected chi connectivity index (χ3v) is 5.14. The van der Waals surface area contributed by atoms with E-state index in [4.69, 9.17) is 10.5 Å². The molecule has 0 aliphatic carbocycles. The number of hydrogen-bond donors (Lipinski definition) is 1. The number of carbonyl (C=O) groups is 1. The summed E-state index contributed by atoms with van der Waals surface area (Å²) in [7, 11) is 1.80. The highest BCUT2D eigenvalue weighted by atomic mass is 16.5. The van der Waals surface area contributed by atoms with Crippen LogP contribution in [0.3, 0.4) is 0 Å². The van der Waals surface area contributed by atoms with Gasteiger partial charge in [-0.2, -0.15) is 0 Å². The molecule has 2 aliphatic heterocycles. The molecule has 6 nitrogen and oxygen atoms in total. The van der Waals surface area contributed by atoms with E-state index in [-0.39, 0.29) is 11.7 Å². The summed E-state index contributed by atoms with van der Waals surface area (Å²) in [5.41, 5.74) is 8.30. The molecule has 0 saturated carbocycles. The summed E-state index contributed by atoms with van der Waals surface area (Å²) >= 11 is 0. The molecule has 2 bridgehead atoms. The largest absolute Gasteiger partial charge is 0.366 e. The molecule has 124 valence electrons. The van der Waals surface area contributed by atoms with E-state index >= 15 is 0 Å². The number of carbonyl (C=O) groups excluding carboxylic acids is 1. The number of nitrogens with two attached hydrogens (primary N) is 1. The maximum atomic E-state index is 12.6. The molecular formula is C19H15N3O3. The summed E-state index contributed by atoms with van der Waals surface area (Å²) < 4.78 is 9.73. The van der Waals surface area contributed by atoms with Crippen LogP contribution in [0.25, 0.3) is 0 Å². The number of fused-ring (bicyclic) bond motifs is 8. The molecule has 2 aliphatic rings. The molecule has 0 fully saturated rings. The summed E-state index contributed by atoms with van der Waals surface area (Å²) in [6.07, 6.45) is 1.43. The maximum absolute atomic E-state index is 12.6. The molecule has 0 saturated heterocycles. The van der Waals surface area contributed by atoms with Gasteiger partial charge in [-0.05, 0) is 23.3 Å². The van der Waals surface area contributed by atoms with Gasteiger partial charge in [0.15, 0.2) is 0 Å². The fourth-order valence-electron chi connectivity index (χ4n) is 4.12. The molecule has 1 aromatic heterocycles. The van der Waals surface area contributed by atoms with E-state index in [2.05, 4.69) is 0 Å². The fourth-order valence-corrected chi connectivity index (χ4v) is 4.12. The summed E-state index contributed by atoms with van der Waals surface area (Å²) in [6, 6.07) is 14.7. The number of ether oxygens (including phenoxy) is 1. The number of rotatable bonds is 2. The topological polar surface area (TPSA) is 79.2 Å². The van der Waals surface area contributed by atoms with Gasteiger partial charge >= 0.3 is 0 Å². The zero-order valence-electron chi connectivity index (χ0n) is 13.5. The van der Waals surface area contributed by atoms with Crippen molar-refractivity contribution < 1.29 is 9.53 Å². The van der Waals surface area contributed by atoms with Gasteiger partial charge in [0.05, 0.1) is 0 Å². The minimum absolute atomic E-state index is 0.171. The van der Waals surface area contributed by atoms with E-state index < -0.39 is 11.6 Å². The van der Waals surface area contributed by atoms with Crippen molar-refractivity contribution in [1.29, 1.82) is 0 Å². The quantitative estimate of drug-likeness (QED) is 0.771. The van der Waals surface area contributed by atoms with E-state index in [0.29, 0.717) is 5.56 Å². The Balaban J connectivity index is 1.92. The number of primary amides is 1. The second-order valence-electron chi connectivity index (χ2n) is 6.43. The highest BCUT2D eigenvalue weighted by Crippen LogP contribution is 2.58. The van der Waals surface area contributed by atoms with Gasteiger partial charge < -0.3 is 10.5 Å². The predicted molar refractivity (Wildman–Crippen MR) is 90.2 cm³/mol. The third-order valence-electron chi connectivity index (χ3n) is 5.14. The molecule has 6 heteroatoms. The number of amides is 1. The van der Waals surface area contributed by atoms with Gasteiger partial charge in [-0.3, -0.25) is 14.3 Å². The lowest BCUT2D eigenvalue weighted by atomic mass is 9.81. The third kappa shape index (κ3) is 1.57. The fraction of sp³-hybridized carbons (Fsp3) is 0.158. The summed E-state index contributed by atoms with van der Waals surface area (Å²) in [4.78, 5) is 24.3. The standard InChI is InChI=1S/C19H15N3O3/c1-21-9-8-16(23)22(21)19-14-5-3-2-4-12(14)17(25-19)13-7-6-11(18(20)24)10-15(13)19/h2-10,17H,1H3,(H2,20,24). The Kier molecular flexibility index (Phi) is 2.56. The van der Waals surface area contributed by atoms with E-state index in [1.807, 2.05) is 30.3 Å². The monoisotopic (exact) mass is 333 g/mol. The van der Waals surface area contributed by atoms with Crippen LogP contribution in [-0.2, 0) is 17.5 Å². The van der Waals surface area contributed by atoms with Crippen LogP contribution in [0.2, 0.25) is 0 Å². The number of aromatic nitrogens is 2. The summed E-state index contributed by atoms with van der Waals surface area (Å²) in [6.45, 7) is 0. The zero-order chi connectivity index (χ0) is 17.3. The molecule has 2 N–H and O–H groups in total. The first-order chi connectivity index (χ1) is 12.0. The van der Waals surface area contributed by atoms with Crippen molar-refractivity contribution >= 4 is 5.91 Å². The van der Waals surface area contributed by atoms with Gasteiger partial charge in [-0.25, -0.2) is 4.68 Å². The van der Waals surface area contributed by atoms with Crippen LogP contribution in [0.5, 0.6) is 0 Å². The lowest BCUT2D eigenvalue weighted by Crippen LogP contribution is -2.43. The predicted octanol–water partition coefficient (Wildman–Crippen LogP) is 1.47. The van der Waals surface area contributed by atoms with Crippen LogP contribution in [0.4, 0.5) is 0 Å². The Morgan fingerprint density at radius 2 is 1.88 bits per heavy atom. The van der Waals surface area contributed by atoms with Crippen molar-refractivity contribution in [3.63, 3.8) is 0 Å². The first kappa shape index (κ1) is 14.2. The molecule has 2 aromatic carbocycles. The van der Waals surface area contributed by atoms with Gasteiger partial charge in [0.2, 0.25) is 11.6 Å². The summed E-state index contributed by atoms with van der Waals surface area (Å²) in [5.74, 6) is -0.506. The second kappa shape index (κ2) is 4.49. The Labute approximate surface area is 143 Å². The van der Waals surface area contributed by atoms with Gasteiger partial charge in [0.1, 0.15) is 6.10 Å². The first-order valence-corrected chi connectivity index (χ1v) is 8.00. The molecule has 3 heterocycles. The van der Waals surface area contributed by atoms with E-state index in [1.165, 1.54) is 6.07 Å². The van der Waals surface area contributed by atoms with Crippen LogP contribution < -0.4 is 11.3 Å². The van der Waals surface area contributed by atoms with Crippen molar-refractivity contribution in [3.8, 4) is 0 Å². The zero-order valence-corrected chi connectivity index (χ0v) is 13.5. The number of aryl methyl sites for hydroxylation is 1. The minimum Gasteiger partial charge on any atom is -0.366 e. The maximum Gasteiger partial charge on any atom is 0.269 e. The molecule has 5 rings (SSSR count). The minimum atomic E-state index is -1.09. The van der Waals surface area contributed by atoms with E-state index in [9.17, 15) is 9.59 Å². The summed E-state index contributed by atoms with van der Waals surface area (Å²) in [5, 5.41) is 0. The highest BCUT2D eigenvalue weighted by molar-refractivity contribution is 5.93. The number of hydrogen-bond acceptors (Lipinski definition) is 3. The smallest absolute Gasteiger partial charge is 0.269 e. The first-order valence-electron chi connectivity index (χ1n) is 8.00.